The minimum Gasteiger partial charge on any atom is -0.480 e. The van der Waals surface area contributed by atoms with Gasteiger partial charge in [-0.2, -0.15) is 0 Å². The highest BCUT2D eigenvalue weighted by Gasteiger charge is 2.36. The van der Waals surface area contributed by atoms with Crippen LogP contribution in [-0.4, -0.2) is 163 Å². The predicted octanol–water partition coefficient (Wildman–Crippen LogP) is 2.14. The molecule has 69 heavy (non-hydrogen) atoms. The lowest BCUT2D eigenvalue weighted by molar-refractivity contribution is -0.145. The van der Waals surface area contributed by atoms with Crippen LogP contribution in [0.1, 0.15) is 48.9 Å². The number of unbranched alkanes of at least 4 members (excludes halogenated alkanes) is 1. The molecule has 2 unspecified atom stereocenters. The normalized spacial score (nSPS) is 13.3. The van der Waals surface area contributed by atoms with Crippen LogP contribution in [0.4, 0.5) is 11.4 Å². The average Bonchev–Trinajstić information content (AvgIpc) is 3.85. The number of nitrogens with zero attached hydrogens (tertiary/aromatic N) is 5. The number of aliphatic carboxylic acids is 1. The van der Waals surface area contributed by atoms with Crippen molar-refractivity contribution < 1.29 is 29.1 Å². The smallest absolute Gasteiger partial charge is 0.326 e. The Morgan fingerprint density at radius 3 is 1.77 bits per heavy atom. The maximum atomic E-state index is 14.8. The van der Waals surface area contributed by atoms with Crippen LogP contribution in [0, 0.1) is 0 Å². The zero-order valence-electron chi connectivity index (χ0n) is 39.4. The van der Waals surface area contributed by atoms with Crippen LogP contribution in [-0.2, 0) is 43.2 Å². The third-order valence-electron chi connectivity index (χ3n) is 11.4. The Morgan fingerprint density at radius 2 is 1.26 bits per heavy atom. The topological polar surface area (TPSA) is 283 Å². The van der Waals surface area contributed by atoms with Crippen molar-refractivity contribution in [3.05, 3.63) is 77.9 Å². The van der Waals surface area contributed by atoms with E-state index in [1.54, 1.807) is 13.1 Å². The first kappa shape index (κ1) is 58.3. The molecule has 382 valence electrons. The van der Waals surface area contributed by atoms with E-state index in [0.717, 1.165) is 16.9 Å². The standard InChI is InChI=1S/C46H69Cl4N13O6/c1-54-38(26-31-8-5-10-34(24-31)62(20-14-47)21-15-48)42(65)58-36(13-7-19-56-46(52)53)41(64)59-37(12-3-4-18-51)44(67)61(2)40(43(66)60-39(45(68)69)28-33-29-55-30-57-33)27-32-9-6-11-35(25-32)63(22-16-49)23-17-50/h5-6,8-11,24-25,29-30,36-40,54H,3-4,7,12-23,26-28,51H2,1-2H3,(H,55,57)(H,58,65)(H,59,64)(H,60,66)(H,68,69)(H4,52,53,56)/t36-,37-,38?,39-,40?/m0/s1. The molecular formula is C46H69Cl4N13O6. The molecule has 2 aromatic carbocycles. The molecule has 3 rings (SSSR count). The Balaban J connectivity index is 1.98. The van der Waals surface area contributed by atoms with E-state index in [1.165, 1.54) is 24.5 Å². The zero-order valence-corrected chi connectivity index (χ0v) is 42.4. The van der Waals surface area contributed by atoms with E-state index < -0.39 is 59.8 Å². The summed E-state index contributed by atoms with van der Waals surface area (Å²) in [6.45, 7) is 2.65. The van der Waals surface area contributed by atoms with Gasteiger partial charge in [0.05, 0.1) is 12.4 Å². The minimum absolute atomic E-state index is 0.0351. The first-order chi connectivity index (χ1) is 33.2. The van der Waals surface area contributed by atoms with Crippen molar-refractivity contribution in [1.29, 1.82) is 0 Å². The van der Waals surface area contributed by atoms with Gasteiger partial charge < -0.3 is 63.3 Å². The summed E-state index contributed by atoms with van der Waals surface area (Å²) in [4.78, 5) is 86.3. The van der Waals surface area contributed by atoms with E-state index in [9.17, 15) is 29.1 Å². The number of anilines is 2. The number of guanidine groups is 1. The molecule has 19 nitrogen and oxygen atoms in total. The van der Waals surface area contributed by atoms with E-state index in [4.69, 9.17) is 63.6 Å². The SMILES string of the molecule is CNC(Cc1cccc(N(CCCl)CCCl)c1)C(=O)N[C@@H](CCCN=C(N)N)C(=O)N[C@@H](CCCCN)C(=O)N(C)C(Cc1cccc(N(CCCl)CCCl)c1)C(=O)N[C@@H](Cc1cnc[nH]1)C(=O)O. The highest BCUT2D eigenvalue weighted by molar-refractivity contribution is 6.19. The minimum atomic E-state index is -1.38. The molecule has 3 aromatic rings. The third kappa shape index (κ3) is 20.1. The summed E-state index contributed by atoms with van der Waals surface area (Å²) in [7, 11) is 3.08. The van der Waals surface area contributed by atoms with Crippen LogP contribution >= 0.6 is 46.4 Å². The average molecular weight is 1040 g/mol. The molecule has 0 aliphatic rings. The number of carboxylic acids is 1. The molecule has 0 saturated carbocycles. The fraction of sp³-hybridized carbons (Fsp3) is 0.543. The van der Waals surface area contributed by atoms with Gasteiger partial charge in [-0.25, -0.2) is 9.78 Å². The van der Waals surface area contributed by atoms with Crippen molar-refractivity contribution in [2.75, 3.05) is 86.7 Å². The number of likely N-dealkylation sites (N-methyl/N-ethyl adjacent to an activating group) is 2. The second-order valence-electron chi connectivity index (χ2n) is 16.3. The van der Waals surface area contributed by atoms with Gasteiger partial charge in [-0.15, -0.1) is 46.4 Å². The number of carbonyl (C=O) groups excluding carboxylic acids is 4. The highest BCUT2D eigenvalue weighted by Crippen LogP contribution is 2.21. The largest absolute Gasteiger partial charge is 0.480 e. The molecule has 1 heterocycles. The number of hydrogen-bond acceptors (Lipinski definition) is 11. The number of halogens is 4. The molecule has 0 aliphatic carbocycles. The van der Waals surface area contributed by atoms with Crippen LogP contribution in [0.15, 0.2) is 66.0 Å². The molecule has 0 fully saturated rings. The van der Waals surface area contributed by atoms with Crippen LogP contribution in [0.5, 0.6) is 0 Å². The lowest BCUT2D eigenvalue weighted by Crippen LogP contribution is -2.59. The fourth-order valence-electron chi connectivity index (χ4n) is 7.65. The molecule has 0 radical (unpaired) electrons. The van der Waals surface area contributed by atoms with E-state index in [0.29, 0.717) is 86.8 Å². The number of rotatable bonds is 34. The Kier molecular flexibility index (Phi) is 27.0. The van der Waals surface area contributed by atoms with Crippen LogP contribution in [0.25, 0.3) is 0 Å². The summed E-state index contributed by atoms with van der Waals surface area (Å²) in [6.07, 6.45) is 4.46. The Labute approximate surface area is 424 Å². The van der Waals surface area contributed by atoms with Gasteiger partial charge in [0.1, 0.15) is 24.2 Å². The summed E-state index contributed by atoms with van der Waals surface area (Å²) < 4.78 is 0. The summed E-state index contributed by atoms with van der Waals surface area (Å²) >= 11 is 24.3. The molecule has 23 heteroatoms. The van der Waals surface area contributed by atoms with Gasteiger partial charge in [0, 0.05) is 99.4 Å². The molecule has 0 spiro atoms. The summed E-state index contributed by atoms with van der Waals surface area (Å²) in [5.41, 5.74) is 20.7. The van der Waals surface area contributed by atoms with Crippen LogP contribution in [0.3, 0.4) is 0 Å². The Morgan fingerprint density at radius 1 is 0.725 bits per heavy atom. The number of nitrogens with two attached hydrogens (primary N) is 3. The maximum absolute atomic E-state index is 14.8. The Bertz CT molecular complexity index is 2050. The number of aliphatic imine (C=N–C) groups is 1. The molecule has 4 amide bonds. The molecular weight excluding hydrogens is 972 g/mol. The summed E-state index contributed by atoms with van der Waals surface area (Å²) in [5, 5.41) is 21.6. The van der Waals surface area contributed by atoms with E-state index in [1.807, 2.05) is 47.4 Å². The number of carboxylic acid groups (broad SMARTS) is 1. The maximum Gasteiger partial charge on any atom is 0.326 e. The van der Waals surface area contributed by atoms with Gasteiger partial charge in [0.15, 0.2) is 5.96 Å². The van der Waals surface area contributed by atoms with E-state index in [2.05, 4.69) is 41.1 Å². The van der Waals surface area contributed by atoms with Crippen molar-refractivity contribution in [2.45, 2.75) is 81.6 Å². The van der Waals surface area contributed by atoms with Gasteiger partial charge in [-0.05, 0) is 87.5 Å². The number of H-pyrrole nitrogens is 1. The predicted molar refractivity (Wildman–Crippen MR) is 276 cm³/mol. The quantitative estimate of drug-likeness (QED) is 0.0180. The first-order valence-electron chi connectivity index (χ1n) is 22.9. The number of nitrogens with one attached hydrogen (secondary N) is 5. The molecule has 5 atom stereocenters. The van der Waals surface area contributed by atoms with Crippen molar-refractivity contribution in [3.63, 3.8) is 0 Å². The second kappa shape index (κ2) is 32.0. The fourth-order valence-corrected chi connectivity index (χ4v) is 8.47. The number of amides is 4. The van der Waals surface area contributed by atoms with Crippen LogP contribution in [0.2, 0.25) is 0 Å². The lowest BCUT2D eigenvalue weighted by atomic mass is 10.00. The van der Waals surface area contributed by atoms with E-state index in [-0.39, 0.29) is 44.6 Å². The number of aromatic amines is 1. The van der Waals surface area contributed by atoms with Gasteiger partial charge in [-0.3, -0.25) is 24.2 Å². The number of benzene rings is 2. The molecule has 0 bridgehead atoms. The molecule has 0 aliphatic heterocycles. The van der Waals surface area contributed by atoms with Crippen molar-refractivity contribution in [1.82, 2.24) is 36.1 Å². The van der Waals surface area contributed by atoms with Crippen LogP contribution < -0.4 is 48.3 Å². The summed E-state index contributed by atoms with van der Waals surface area (Å²) in [5.74, 6) is -2.44. The van der Waals surface area contributed by atoms with Crippen molar-refractivity contribution >= 4 is 93.3 Å². The number of carbonyl (C=O) groups is 5. The number of alkyl halides is 4. The molecule has 0 saturated heterocycles. The second-order valence-corrected chi connectivity index (χ2v) is 17.8. The van der Waals surface area contributed by atoms with E-state index >= 15 is 0 Å². The van der Waals surface area contributed by atoms with Gasteiger partial charge in [0.2, 0.25) is 23.6 Å². The highest BCUT2D eigenvalue weighted by atomic mass is 35.5. The van der Waals surface area contributed by atoms with Gasteiger partial charge in [0.25, 0.3) is 0 Å². The summed E-state index contributed by atoms with van der Waals surface area (Å²) in [6, 6.07) is 9.30. The monoisotopic (exact) mass is 1040 g/mol. The third-order valence-corrected chi connectivity index (χ3v) is 12.0. The zero-order chi connectivity index (χ0) is 50.7. The number of hydrogen-bond donors (Lipinski definition) is 9. The molecule has 12 N–H and O–H groups in total. The first-order valence-corrected chi connectivity index (χ1v) is 25.1. The van der Waals surface area contributed by atoms with Crippen molar-refractivity contribution in [3.8, 4) is 0 Å². The number of imidazole rings is 1. The van der Waals surface area contributed by atoms with Gasteiger partial charge >= 0.3 is 5.97 Å². The Hall–Kier alpha value is -5.05. The van der Waals surface area contributed by atoms with Gasteiger partial charge in [-0.1, -0.05) is 24.3 Å². The van der Waals surface area contributed by atoms with Crippen molar-refractivity contribution in [2.24, 2.45) is 22.2 Å². The lowest BCUT2D eigenvalue weighted by Gasteiger charge is -2.33. The number of aromatic nitrogens is 2. The molecule has 1 aromatic heterocycles.